The molecule has 1 aliphatic heterocycles. The second kappa shape index (κ2) is 4.90. The number of nitrogens with two attached hydrogens (primary N) is 1. The van der Waals surface area contributed by atoms with Crippen LogP contribution in [0.15, 0.2) is 23.2 Å². The molecule has 0 fully saturated rings. The standard InChI is InChI=1S/C14H18N2O2/c1-8(2)14(18)12(15)5-9-7-16-13-4-3-10(17)6-11(9)13/h3-4,6-9,12,17H,5,15H2,1-2H3/t9?,12-/m0/s1. The summed E-state index contributed by atoms with van der Waals surface area (Å²) in [5, 5.41) is 9.49. The Hall–Kier alpha value is -1.68. The van der Waals surface area contributed by atoms with Gasteiger partial charge in [-0.3, -0.25) is 9.79 Å². The lowest BCUT2D eigenvalue weighted by molar-refractivity contribution is -0.123. The van der Waals surface area contributed by atoms with E-state index in [0.29, 0.717) is 6.42 Å². The van der Waals surface area contributed by atoms with Crippen LogP contribution in [0.25, 0.3) is 0 Å². The minimum absolute atomic E-state index is 0.0183. The maximum Gasteiger partial charge on any atom is 0.152 e. The SMILES string of the molecule is CC(C)C(=O)[C@@H](N)CC1C=Nc2ccc(O)cc21. The first-order valence-electron chi connectivity index (χ1n) is 6.15. The normalized spacial score (nSPS) is 19.0. The van der Waals surface area contributed by atoms with Crippen LogP contribution < -0.4 is 5.73 Å². The van der Waals surface area contributed by atoms with E-state index in [9.17, 15) is 9.90 Å². The number of Topliss-reactive ketones (excluding diaryl/α,β-unsaturated/α-hetero) is 1. The number of carbonyl (C=O) groups excluding carboxylic acids is 1. The van der Waals surface area contributed by atoms with Gasteiger partial charge in [-0.05, 0) is 30.2 Å². The molecule has 0 amide bonds. The van der Waals surface area contributed by atoms with Crippen molar-refractivity contribution in [2.24, 2.45) is 16.6 Å². The van der Waals surface area contributed by atoms with E-state index < -0.39 is 6.04 Å². The fourth-order valence-electron chi connectivity index (χ4n) is 2.21. The first kappa shape index (κ1) is 12.8. The minimum Gasteiger partial charge on any atom is -0.508 e. The fourth-order valence-corrected chi connectivity index (χ4v) is 2.21. The number of fused-ring (bicyclic) bond motifs is 1. The van der Waals surface area contributed by atoms with Crippen molar-refractivity contribution in [3.63, 3.8) is 0 Å². The summed E-state index contributed by atoms with van der Waals surface area (Å²) in [6, 6.07) is 4.60. The van der Waals surface area contributed by atoms with Gasteiger partial charge in [0.05, 0.1) is 11.7 Å². The Labute approximate surface area is 107 Å². The van der Waals surface area contributed by atoms with E-state index in [4.69, 9.17) is 5.73 Å². The molecule has 96 valence electrons. The first-order chi connectivity index (χ1) is 8.49. The van der Waals surface area contributed by atoms with Gasteiger partial charge in [-0.1, -0.05) is 13.8 Å². The molecule has 0 saturated carbocycles. The molecule has 1 unspecified atom stereocenters. The zero-order valence-corrected chi connectivity index (χ0v) is 10.6. The van der Waals surface area contributed by atoms with Crippen molar-refractivity contribution in [3.05, 3.63) is 23.8 Å². The van der Waals surface area contributed by atoms with E-state index >= 15 is 0 Å². The predicted molar refractivity (Wildman–Crippen MR) is 71.4 cm³/mol. The fraction of sp³-hybridized carbons (Fsp3) is 0.429. The van der Waals surface area contributed by atoms with Crippen LogP contribution in [-0.4, -0.2) is 23.1 Å². The van der Waals surface area contributed by atoms with Gasteiger partial charge in [-0.15, -0.1) is 0 Å². The third-order valence-electron chi connectivity index (χ3n) is 3.25. The Kier molecular flexibility index (Phi) is 3.48. The Morgan fingerprint density at radius 2 is 2.22 bits per heavy atom. The van der Waals surface area contributed by atoms with Crippen LogP contribution in [0.1, 0.15) is 31.7 Å². The lowest BCUT2D eigenvalue weighted by Gasteiger charge is -2.16. The molecule has 0 bridgehead atoms. The molecule has 0 aromatic heterocycles. The van der Waals surface area contributed by atoms with Crippen LogP contribution in [-0.2, 0) is 4.79 Å². The molecule has 0 aliphatic carbocycles. The highest BCUT2D eigenvalue weighted by atomic mass is 16.3. The van der Waals surface area contributed by atoms with Crippen molar-refractivity contribution in [2.45, 2.75) is 32.2 Å². The highest BCUT2D eigenvalue weighted by Crippen LogP contribution is 2.36. The Morgan fingerprint density at radius 1 is 1.50 bits per heavy atom. The van der Waals surface area contributed by atoms with Crippen LogP contribution in [0, 0.1) is 5.92 Å². The van der Waals surface area contributed by atoms with Crippen molar-refractivity contribution in [1.82, 2.24) is 0 Å². The Morgan fingerprint density at radius 3 is 2.89 bits per heavy atom. The number of ketones is 1. The highest BCUT2D eigenvalue weighted by Gasteiger charge is 2.25. The van der Waals surface area contributed by atoms with Gasteiger partial charge in [0, 0.05) is 18.1 Å². The van der Waals surface area contributed by atoms with Gasteiger partial charge in [-0.25, -0.2) is 0 Å². The number of phenolic OH excluding ortho intramolecular Hbond substituents is 1. The van der Waals surface area contributed by atoms with Gasteiger partial charge in [0.2, 0.25) is 0 Å². The van der Waals surface area contributed by atoms with E-state index in [1.165, 1.54) is 0 Å². The van der Waals surface area contributed by atoms with Gasteiger partial charge < -0.3 is 10.8 Å². The molecule has 0 radical (unpaired) electrons. The number of hydrogen-bond donors (Lipinski definition) is 2. The smallest absolute Gasteiger partial charge is 0.152 e. The number of nitrogens with zero attached hydrogens (tertiary/aromatic N) is 1. The van der Waals surface area contributed by atoms with Crippen molar-refractivity contribution in [3.8, 4) is 5.75 Å². The second-order valence-corrected chi connectivity index (χ2v) is 5.03. The molecule has 1 aromatic rings. The summed E-state index contributed by atoms with van der Waals surface area (Å²) in [6.45, 7) is 3.70. The topological polar surface area (TPSA) is 75.7 Å². The number of aromatic hydroxyl groups is 1. The molecule has 2 atom stereocenters. The number of carbonyl (C=O) groups is 1. The maximum atomic E-state index is 11.8. The van der Waals surface area contributed by atoms with Crippen LogP contribution >= 0.6 is 0 Å². The minimum atomic E-state index is -0.477. The van der Waals surface area contributed by atoms with Crippen LogP contribution in [0.3, 0.4) is 0 Å². The molecule has 0 saturated heterocycles. The summed E-state index contributed by atoms with van der Waals surface area (Å²) in [4.78, 5) is 16.1. The Bertz CT molecular complexity index is 495. The number of phenols is 1. The summed E-state index contributed by atoms with van der Waals surface area (Å²) < 4.78 is 0. The van der Waals surface area contributed by atoms with Crippen LogP contribution in [0.4, 0.5) is 5.69 Å². The van der Waals surface area contributed by atoms with Crippen LogP contribution in [0.2, 0.25) is 0 Å². The second-order valence-electron chi connectivity index (χ2n) is 5.03. The summed E-state index contributed by atoms with van der Waals surface area (Å²) in [6.07, 6.45) is 2.34. The Balaban J connectivity index is 2.12. The lowest BCUT2D eigenvalue weighted by atomic mass is 9.90. The van der Waals surface area contributed by atoms with Crippen molar-refractivity contribution in [1.29, 1.82) is 0 Å². The predicted octanol–water partition coefficient (Wildman–Crippen LogP) is 2.13. The van der Waals surface area contributed by atoms with E-state index in [1.807, 2.05) is 13.8 Å². The summed E-state index contributed by atoms with van der Waals surface area (Å²) in [5.41, 5.74) is 7.71. The quantitative estimate of drug-likeness (QED) is 0.854. The molecule has 4 heteroatoms. The number of rotatable bonds is 4. The van der Waals surface area contributed by atoms with Crippen molar-refractivity contribution < 1.29 is 9.90 Å². The number of aliphatic imine (C=N–C) groups is 1. The van der Waals surface area contributed by atoms with E-state index in [0.717, 1.165) is 11.3 Å². The zero-order valence-electron chi connectivity index (χ0n) is 10.6. The summed E-state index contributed by atoms with van der Waals surface area (Å²) in [5.74, 6) is 0.247. The summed E-state index contributed by atoms with van der Waals surface area (Å²) >= 11 is 0. The molecule has 3 N–H and O–H groups in total. The van der Waals surface area contributed by atoms with Gasteiger partial charge in [0.25, 0.3) is 0 Å². The van der Waals surface area contributed by atoms with Crippen LogP contribution in [0.5, 0.6) is 5.75 Å². The molecular weight excluding hydrogens is 228 g/mol. The van der Waals surface area contributed by atoms with Gasteiger partial charge in [-0.2, -0.15) is 0 Å². The molecule has 1 heterocycles. The summed E-state index contributed by atoms with van der Waals surface area (Å²) in [7, 11) is 0. The number of benzene rings is 1. The van der Waals surface area contributed by atoms with Crippen molar-refractivity contribution in [2.75, 3.05) is 0 Å². The third-order valence-corrected chi connectivity index (χ3v) is 3.25. The molecule has 1 aliphatic rings. The van der Waals surface area contributed by atoms with E-state index in [1.54, 1.807) is 24.4 Å². The molecule has 2 rings (SSSR count). The average molecular weight is 246 g/mol. The number of hydrogen-bond acceptors (Lipinski definition) is 4. The maximum absolute atomic E-state index is 11.8. The largest absolute Gasteiger partial charge is 0.508 e. The van der Waals surface area contributed by atoms with E-state index in [2.05, 4.69) is 4.99 Å². The molecule has 1 aromatic carbocycles. The molecule has 18 heavy (non-hydrogen) atoms. The van der Waals surface area contributed by atoms with Crippen molar-refractivity contribution >= 4 is 17.7 Å². The average Bonchev–Trinajstić information content (AvgIpc) is 2.70. The van der Waals surface area contributed by atoms with Gasteiger partial charge in [0.1, 0.15) is 5.75 Å². The van der Waals surface area contributed by atoms with E-state index in [-0.39, 0.29) is 23.4 Å². The van der Waals surface area contributed by atoms with Gasteiger partial charge in [0.15, 0.2) is 5.78 Å². The first-order valence-corrected chi connectivity index (χ1v) is 6.15. The zero-order chi connectivity index (χ0) is 13.3. The third kappa shape index (κ3) is 2.43. The lowest BCUT2D eigenvalue weighted by Crippen LogP contribution is -2.35. The monoisotopic (exact) mass is 246 g/mol. The molecular formula is C14H18N2O2. The highest BCUT2D eigenvalue weighted by molar-refractivity contribution is 5.87. The molecule has 0 spiro atoms. The van der Waals surface area contributed by atoms with Gasteiger partial charge >= 0.3 is 0 Å². The molecule has 4 nitrogen and oxygen atoms in total.